The highest BCUT2D eigenvalue weighted by Gasteiger charge is 2.17. The first-order valence-corrected chi connectivity index (χ1v) is 5.76. The first-order valence-electron chi connectivity index (χ1n) is 5.76. The fourth-order valence-electron chi connectivity index (χ4n) is 1.83. The van der Waals surface area contributed by atoms with Gasteiger partial charge in [0, 0.05) is 19.5 Å². The molecule has 1 unspecified atom stereocenters. The van der Waals surface area contributed by atoms with E-state index >= 15 is 0 Å². The highest BCUT2D eigenvalue weighted by molar-refractivity contribution is 5.76. The van der Waals surface area contributed by atoms with Crippen molar-refractivity contribution in [3.05, 3.63) is 0 Å². The van der Waals surface area contributed by atoms with Crippen molar-refractivity contribution in [1.82, 2.24) is 10.6 Å². The van der Waals surface area contributed by atoms with Crippen LogP contribution < -0.4 is 10.6 Å². The Labute approximate surface area is 94.0 Å². The van der Waals surface area contributed by atoms with E-state index in [0.29, 0.717) is 17.8 Å². The third-order valence-electron chi connectivity index (χ3n) is 2.19. The smallest absolute Gasteiger partial charge is 0.220 e. The Kier molecular flexibility index (Phi) is 6.57. The zero-order valence-corrected chi connectivity index (χ0v) is 10.8. The summed E-state index contributed by atoms with van der Waals surface area (Å²) in [6.45, 7) is 10.3. The molecule has 0 aliphatic rings. The summed E-state index contributed by atoms with van der Waals surface area (Å²) in [7, 11) is 1.88. The van der Waals surface area contributed by atoms with E-state index < -0.39 is 0 Å². The summed E-state index contributed by atoms with van der Waals surface area (Å²) >= 11 is 0. The van der Waals surface area contributed by atoms with Gasteiger partial charge in [-0.1, -0.05) is 27.7 Å². The summed E-state index contributed by atoms with van der Waals surface area (Å²) in [5, 5.41) is 5.90. The van der Waals surface area contributed by atoms with Gasteiger partial charge in [0.05, 0.1) is 0 Å². The zero-order valence-electron chi connectivity index (χ0n) is 10.8. The molecule has 3 nitrogen and oxygen atoms in total. The molecule has 0 fully saturated rings. The fourth-order valence-corrected chi connectivity index (χ4v) is 1.83. The average molecular weight is 214 g/mol. The molecule has 0 aromatic carbocycles. The highest BCUT2D eigenvalue weighted by atomic mass is 16.1. The molecule has 0 radical (unpaired) electrons. The Morgan fingerprint density at radius 3 is 2.33 bits per heavy atom. The van der Waals surface area contributed by atoms with Crippen molar-refractivity contribution >= 4 is 5.91 Å². The molecule has 0 saturated heterocycles. The maximum absolute atomic E-state index is 11.5. The van der Waals surface area contributed by atoms with Crippen molar-refractivity contribution in [3.63, 3.8) is 0 Å². The summed E-state index contributed by atoms with van der Waals surface area (Å²) in [5.41, 5.74) is 0.310. The van der Waals surface area contributed by atoms with Crippen molar-refractivity contribution in [2.24, 2.45) is 11.3 Å². The lowest BCUT2D eigenvalue weighted by atomic mass is 9.84. The normalized spacial score (nSPS) is 13.7. The molecule has 1 atom stereocenters. The Morgan fingerprint density at radius 1 is 1.27 bits per heavy atom. The largest absolute Gasteiger partial charge is 0.355 e. The maximum Gasteiger partial charge on any atom is 0.220 e. The van der Waals surface area contributed by atoms with E-state index in [2.05, 4.69) is 38.3 Å². The lowest BCUT2D eigenvalue weighted by Crippen LogP contribution is -2.31. The lowest BCUT2D eigenvalue weighted by Gasteiger charge is -2.22. The van der Waals surface area contributed by atoms with Gasteiger partial charge in [0.1, 0.15) is 0 Å². The standard InChI is InChI=1S/C12H26N2O/c1-10(9-12(2,3)4)8-11(15)14-7-6-13-5/h10,13H,6-9H2,1-5H3,(H,14,15). The van der Waals surface area contributed by atoms with Crippen LogP contribution in [0.5, 0.6) is 0 Å². The number of rotatable bonds is 6. The number of carbonyl (C=O) groups excluding carboxylic acids is 1. The van der Waals surface area contributed by atoms with E-state index in [9.17, 15) is 4.79 Å². The van der Waals surface area contributed by atoms with Crippen molar-refractivity contribution in [2.75, 3.05) is 20.1 Å². The summed E-state index contributed by atoms with van der Waals surface area (Å²) in [4.78, 5) is 11.5. The van der Waals surface area contributed by atoms with Crippen molar-refractivity contribution in [2.45, 2.75) is 40.5 Å². The Morgan fingerprint density at radius 2 is 1.87 bits per heavy atom. The first kappa shape index (κ1) is 14.4. The molecule has 0 aromatic rings. The van der Waals surface area contributed by atoms with Gasteiger partial charge in [-0.15, -0.1) is 0 Å². The minimum Gasteiger partial charge on any atom is -0.355 e. The molecule has 3 heteroatoms. The average Bonchev–Trinajstić information content (AvgIpc) is 2.00. The van der Waals surface area contributed by atoms with Crippen LogP contribution in [-0.4, -0.2) is 26.0 Å². The van der Waals surface area contributed by atoms with Crippen LogP contribution in [-0.2, 0) is 4.79 Å². The first-order chi connectivity index (χ1) is 6.85. The molecule has 1 amide bonds. The Bertz CT molecular complexity index is 185. The van der Waals surface area contributed by atoms with E-state index in [1.807, 2.05) is 7.05 Å². The monoisotopic (exact) mass is 214 g/mol. The predicted octanol–water partition coefficient (Wildman–Crippen LogP) is 1.78. The van der Waals surface area contributed by atoms with Crippen LogP contribution >= 0.6 is 0 Å². The zero-order chi connectivity index (χ0) is 11.9. The van der Waals surface area contributed by atoms with Crippen molar-refractivity contribution in [1.29, 1.82) is 0 Å². The van der Waals surface area contributed by atoms with Gasteiger partial charge in [0.2, 0.25) is 5.91 Å². The molecule has 90 valence electrons. The molecular formula is C12H26N2O. The number of likely N-dealkylation sites (N-methyl/N-ethyl adjacent to an activating group) is 1. The van der Waals surface area contributed by atoms with Gasteiger partial charge in [-0.2, -0.15) is 0 Å². The van der Waals surface area contributed by atoms with E-state index in [1.54, 1.807) is 0 Å². The molecule has 0 aliphatic carbocycles. The molecule has 0 rings (SSSR count). The minimum absolute atomic E-state index is 0.169. The van der Waals surface area contributed by atoms with Crippen LogP contribution in [0.25, 0.3) is 0 Å². The summed E-state index contributed by atoms with van der Waals surface area (Å²) in [5.74, 6) is 0.626. The molecular weight excluding hydrogens is 188 g/mol. The number of carbonyl (C=O) groups is 1. The van der Waals surface area contributed by atoms with Crippen LogP contribution in [0.2, 0.25) is 0 Å². The number of hydrogen-bond donors (Lipinski definition) is 2. The summed E-state index contributed by atoms with van der Waals surface area (Å²) in [6, 6.07) is 0. The van der Waals surface area contributed by atoms with Gasteiger partial charge in [-0.3, -0.25) is 4.79 Å². The molecule has 0 aliphatic heterocycles. The van der Waals surface area contributed by atoms with Gasteiger partial charge < -0.3 is 10.6 Å². The van der Waals surface area contributed by atoms with Crippen LogP contribution in [0.3, 0.4) is 0 Å². The molecule has 0 heterocycles. The quantitative estimate of drug-likeness (QED) is 0.662. The van der Waals surface area contributed by atoms with Gasteiger partial charge in [0.15, 0.2) is 0 Å². The van der Waals surface area contributed by atoms with Crippen LogP contribution in [0.15, 0.2) is 0 Å². The predicted molar refractivity (Wildman–Crippen MR) is 64.8 cm³/mol. The summed E-state index contributed by atoms with van der Waals surface area (Å²) < 4.78 is 0. The van der Waals surface area contributed by atoms with Crippen molar-refractivity contribution in [3.8, 4) is 0 Å². The Hall–Kier alpha value is -0.570. The van der Waals surface area contributed by atoms with E-state index in [4.69, 9.17) is 0 Å². The van der Waals surface area contributed by atoms with E-state index in [-0.39, 0.29) is 5.91 Å². The molecule has 2 N–H and O–H groups in total. The maximum atomic E-state index is 11.5. The molecule has 0 saturated carbocycles. The van der Waals surface area contributed by atoms with Crippen molar-refractivity contribution < 1.29 is 4.79 Å². The SMILES string of the molecule is CNCCNC(=O)CC(C)CC(C)(C)C. The van der Waals surface area contributed by atoms with Crippen LogP contribution in [0.1, 0.15) is 40.5 Å². The fraction of sp³-hybridized carbons (Fsp3) is 0.917. The number of hydrogen-bond acceptors (Lipinski definition) is 2. The van der Waals surface area contributed by atoms with Gasteiger partial charge >= 0.3 is 0 Å². The van der Waals surface area contributed by atoms with Crippen LogP contribution in [0, 0.1) is 11.3 Å². The third-order valence-corrected chi connectivity index (χ3v) is 2.19. The highest BCUT2D eigenvalue weighted by Crippen LogP contribution is 2.25. The van der Waals surface area contributed by atoms with Gasteiger partial charge in [-0.05, 0) is 24.8 Å². The van der Waals surface area contributed by atoms with Gasteiger partial charge in [-0.25, -0.2) is 0 Å². The van der Waals surface area contributed by atoms with Crippen LogP contribution in [0.4, 0.5) is 0 Å². The number of nitrogens with one attached hydrogen (secondary N) is 2. The topological polar surface area (TPSA) is 41.1 Å². The second-order valence-corrected chi connectivity index (χ2v) is 5.53. The molecule has 0 aromatic heterocycles. The minimum atomic E-state index is 0.169. The molecule has 0 spiro atoms. The second kappa shape index (κ2) is 6.83. The second-order valence-electron chi connectivity index (χ2n) is 5.53. The lowest BCUT2D eigenvalue weighted by molar-refractivity contribution is -0.122. The molecule has 15 heavy (non-hydrogen) atoms. The van der Waals surface area contributed by atoms with Gasteiger partial charge in [0.25, 0.3) is 0 Å². The van der Waals surface area contributed by atoms with E-state index in [1.165, 1.54) is 0 Å². The number of amides is 1. The molecule has 0 bridgehead atoms. The summed E-state index contributed by atoms with van der Waals surface area (Å²) in [6.07, 6.45) is 1.73. The van der Waals surface area contributed by atoms with E-state index in [0.717, 1.165) is 19.5 Å². The third kappa shape index (κ3) is 9.73. The Balaban J connectivity index is 3.67.